The van der Waals surface area contributed by atoms with E-state index in [2.05, 4.69) is 5.32 Å². The minimum absolute atomic E-state index is 0.0224. The van der Waals surface area contributed by atoms with Crippen molar-refractivity contribution in [2.45, 2.75) is 19.3 Å². The number of amides is 2. The van der Waals surface area contributed by atoms with Gasteiger partial charge >= 0.3 is 12.0 Å². The minimum atomic E-state index is -0.876. The van der Waals surface area contributed by atoms with E-state index in [9.17, 15) is 19.7 Å². The van der Waals surface area contributed by atoms with Crippen LogP contribution in [-0.2, 0) is 11.2 Å². The predicted octanol–water partition coefficient (Wildman–Crippen LogP) is 1.64. The number of carbonyl (C=O) groups is 2. The first-order chi connectivity index (χ1) is 11.0. The molecule has 1 aromatic rings. The van der Waals surface area contributed by atoms with Gasteiger partial charge in [-0.05, 0) is 24.8 Å². The molecule has 2 rings (SSSR count). The van der Waals surface area contributed by atoms with Crippen LogP contribution in [0, 0.1) is 16.0 Å². The first-order valence-electron chi connectivity index (χ1n) is 7.46. The van der Waals surface area contributed by atoms with Crippen LogP contribution < -0.4 is 5.32 Å². The molecule has 0 radical (unpaired) electrons. The molecule has 1 fully saturated rings. The lowest BCUT2D eigenvalue weighted by molar-refractivity contribution is -0.384. The molecule has 1 aromatic carbocycles. The van der Waals surface area contributed by atoms with Crippen molar-refractivity contribution in [2.75, 3.05) is 19.6 Å². The summed E-state index contributed by atoms with van der Waals surface area (Å²) < 4.78 is 0. The van der Waals surface area contributed by atoms with Crippen molar-refractivity contribution in [1.82, 2.24) is 10.2 Å². The Hall–Kier alpha value is -2.64. The van der Waals surface area contributed by atoms with Crippen LogP contribution in [0.25, 0.3) is 0 Å². The molecule has 0 aromatic heterocycles. The van der Waals surface area contributed by atoms with E-state index in [1.807, 2.05) is 0 Å². The zero-order valence-electron chi connectivity index (χ0n) is 12.6. The summed E-state index contributed by atoms with van der Waals surface area (Å²) in [6.07, 6.45) is 1.74. The summed E-state index contributed by atoms with van der Waals surface area (Å²) in [6.45, 7) is 1.11. The predicted molar refractivity (Wildman–Crippen MR) is 82.1 cm³/mol. The van der Waals surface area contributed by atoms with E-state index in [4.69, 9.17) is 5.11 Å². The summed E-state index contributed by atoms with van der Waals surface area (Å²) in [5, 5.41) is 22.5. The first-order valence-corrected chi connectivity index (χ1v) is 7.46. The van der Waals surface area contributed by atoms with Crippen LogP contribution in [-0.4, -0.2) is 46.6 Å². The highest BCUT2D eigenvalue weighted by Crippen LogP contribution is 2.17. The maximum atomic E-state index is 12.0. The average molecular weight is 321 g/mol. The minimum Gasteiger partial charge on any atom is -0.481 e. The third-order valence-electron chi connectivity index (χ3n) is 3.87. The maximum absolute atomic E-state index is 12.0. The number of urea groups is 1. The number of benzene rings is 1. The molecule has 0 spiro atoms. The fraction of sp³-hybridized carbons (Fsp3) is 0.467. The SMILES string of the molecule is O=C(O)C1CCCN(C(=O)NCCc2cccc([N+](=O)[O-])c2)C1. The van der Waals surface area contributed by atoms with Gasteiger partial charge in [-0.25, -0.2) is 4.79 Å². The van der Waals surface area contributed by atoms with E-state index < -0.39 is 16.8 Å². The molecule has 8 nitrogen and oxygen atoms in total. The second-order valence-electron chi connectivity index (χ2n) is 5.53. The molecule has 0 bridgehead atoms. The van der Waals surface area contributed by atoms with Crippen LogP contribution in [0.2, 0.25) is 0 Å². The monoisotopic (exact) mass is 321 g/mol. The van der Waals surface area contributed by atoms with E-state index in [1.54, 1.807) is 12.1 Å². The number of rotatable bonds is 5. The van der Waals surface area contributed by atoms with Gasteiger partial charge in [0.15, 0.2) is 0 Å². The fourth-order valence-electron chi connectivity index (χ4n) is 2.61. The van der Waals surface area contributed by atoms with Crippen LogP contribution >= 0.6 is 0 Å². The smallest absolute Gasteiger partial charge is 0.317 e. The Morgan fingerprint density at radius 1 is 1.43 bits per heavy atom. The van der Waals surface area contributed by atoms with Gasteiger partial charge in [-0.1, -0.05) is 12.1 Å². The molecule has 0 saturated carbocycles. The van der Waals surface area contributed by atoms with Crippen molar-refractivity contribution in [2.24, 2.45) is 5.92 Å². The van der Waals surface area contributed by atoms with Gasteiger partial charge in [0.05, 0.1) is 10.8 Å². The van der Waals surface area contributed by atoms with Gasteiger partial charge in [-0.15, -0.1) is 0 Å². The van der Waals surface area contributed by atoms with Crippen LogP contribution in [0.15, 0.2) is 24.3 Å². The number of nitro groups is 1. The second kappa shape index (κ2) is 7.57. The molecule has 1 aliphatic rings. The number of hydrogen-bond donors (Lipinski definition) is 2. The lowest BCUT2D eigenvalue weighted by atomic mass is 9.99. The third kappa shape index (κ3) is 4.67. The summed E-state index contributed by atoms with van der Waals surface area (Å²) in [5.41, 5.74) is 0.788. The van der Waals surface area contributed by atoms with Gasteiger partial charge in [0.25, 0.3) is 5.69 Å². The number of hydrogen-bond acceptors (Lipinski definition) is 4. The van der Waals surface area contributed by atoms with Gasteiger partial charge in [0, 0.05) is 31.8 Å². The molecule has 124 valence electrons. The van der Waals surface area contributed by atoms with Gasteiger partial charge in [-0.3, -0.25) is 14.9 Å². The number of nitro benzene ring substituents is 1. The van der Waals surface area contributed by atoms with Crippen molar-refractivity contribution in [3.8, 4) is 0 Å². The zero-order valence-corrected chi connectivity index (χ0v) is 12.6. The number of nitrogens with zero attached hydrogens (tertiary/aromatic N) is 2. The Kier molecular flexibility index (Phi) is 5.51. The summed E-state index contributed by atoms with van der Waals surface area (Å²) in [7, 11) is 0. The van der Waals surface area contributed by atoms with Gasteiger partial charge in [-0.2, -0.15) is 0 Å². The van der Waals surface area contributed by atoms with Crippen molar-refractivity contribution in [1.29, 1.82) is 0 Å². The number of aliphatic carboxylic acids is 1. The van der Waals surface area contributed by atoms with Crippen molar-refractivity contribution >= 4 is 17.7 Å². The summed E-state index contributed by atoms with van der Waals surface area (Å²) in [6, 6.07) is 5.98. The molecule has 1 atom stereocenters. The number of nitrogens with one attached hydrogen (secondary N) is 1. The molecule has 23 heavy (non-hydrogen) atoms. The molecule has 1 saturated heterocycles. The Labute approximate surface area is 133 Å². The van der Waals surface area contributed by atoms with Crippen LogP contribution in [0.5, 0.6) is 0 Å². The van der Waals surface area contributed by atoms with Crippen molar-refractivity contribution in [3.63, 3.8) is 0 Å². The van der Waals surface area contributed by atoms with Crippen LogP contribution in [0.1, 0.15) is 18.4 Å². The number of carbonyl (C=O) groups excluding carboxylic acids is 1. The zero-order chi connectivity index (χ0) is 16.8. The highest BCUT2D eigenvalue weighted by atomic mass is 16.6. The number of piperidine rings is 1. The van der Waals surface area contributed by atoms with Crippen molar-refractivity contribution in [3.05, 3.63) is 39.9 Å². The first kappa shape index (κ1) is 16.7. The quantitative estimate of drug-likeness (QED) is 0.632. The number of non-ortho nitro benzene ring substituents is 1. The van der Waals surface area contributed by atoms with E-state index in [1.165, 1.54) is 17.0 Å². The van der Waals surface area contributed by atoms with E-state index in [0.29, 0.717) is 32.4 Å². The molecule has 0 aliphatic carbocycles. The second-order valence-corrected chi connectivity index (χ2v) is 5.53. The van der Waals surface area contributed by atoms with E-state index in [0.717, 1.165) is 5.56 Å². The summed E-state index contributed by atoms with van der Waals surface area (Å²) in [5.74, 6) is -1.38. The molecule has 1 aliphatic heterocycles. The molecular formula is C15H19N3O5. The third-order valence-corrected chi connectivity index (χ3v) is 3.87. The van der Waals surface area contributed by atoms with E-state index in [-0.39, 0.29) is 18.3 Å². The van der Waals surface area contributed by atoms with E-state index >= 15 is 0 Å². The average Bonchev–Trinajstić information content (AvgIpc) is 2.55. The number of likely N-dealkylation sites (tertiary alicyclic amines) is 1. The number of carboxylic acids is 1. The normalized spacial score (nSPS) is 17.6. The summed E-state index contributed by atoms with van der Waals surface area (Å²) in [4.78, 5) is 34.8. The molecular weight excluding hydrogens is 302 g/mol. The molecule has 1 heterocycles. The fourth-order valence-corrected chi connectivity index (χ4v) is 2.61. The lowest BCUT2D eigenvalue weighted by Gasteiger charge is -2.30. The molecule has 2 N–H and O–H groups in total. The maximum Gasteiger partial charge on any atom is 0.317 e. The standard InChI is InChI=1S/C15H19N3O5/c19-14(20)12-4-2-8-17(10-12)15(21)16-7-6-11-3-1-5-13(9-11)18(22)23/h1,3,5,9,12H,2,4,6-8,10H2,(H,16,21)(H,19,20). The molecule has 8 heteroatoms. The Bertz CT molecular complexity index is 605. The summed E-state index contributed by atoms with van der Waals surface area (Å²) >= 11 is 0. The van der Waals surface area contributed by atoms with Crippen molar-refractivity contribution < 1.29 is 19.6 Å². The molecule has 2 amide bonds. The Morgan fingerprint density at radius 2 is 2.22 bits per heavy atom. The highest BCUT2D eigenvalue weighted by molar-refractivity contribution is 5.76. The van der Waals surface area contributed by atoms with Gasteiger partial charge in [0.1, 0.15) is 0 Å². The van der Waals surface area contributed by atoms with Crippen LogP contribution in [0.3, 0.4) is 0 Å². The lowest BCUT2D eigenvalue weighted by Crippen LogP contribution is -2.47. The topological polar surface area (TPSA) is 113 Å². The van der Waals surface area contributed by atoms with Crippen LogP contribution in [0.4, 0.5) is 10.5 Å². The Balaban J connectivity index is 1.81. The number of carboxylic acid groups (broad SMARTS) is 1. The molecule has 1 unspecified atom stereocenters. The highest BCUT2D eigenvalue weighted by Gasteiger charge is 2.27. The Morgan fingerprint density at radius 3 is 2.91 bits per heavy atom. The largest absolute Gasteiger partial charge is 0.481 e. The van der Waals surface area contributed by atoms with Gasteiger partial charge < -0.3 is 15.3 Å². The van der Waals surface area contributed by atoms with Gasteiger partial charge in [0.2, 0.25) is 0 Å².